The van der Waals surface area contributed by atoms with Crippen molar-refractivity contribution in [3.63, 3.8) is 0 Å². The molecule has 23 heavy (non-hydrogen) atoms. The molecule has 0 saturated carbocycles. The molecule has 5 heteroatoms. The highest BCUT2D eigenvalue weighted by Gasteiger charge is 2.13. The first-order valence-electron chi connectivity index (χ1n) is 7.84. The molecule has 0 atom stereocenters. The zero-order valence-electron chi connectivity index (χ0n) is 12.9. The summed E-state index contributed by atoms with van der Waals surface area (Å²) >= 11 is 0. The van der Waals surface area contributed by atoms with Gasteiger partial charge < -0.3 is 13.7 Å². The van der Waals surface area contributed by atoms with Crippen molar-refractivity contribution in [3.8, 4) is 0 Å². The van der Waals surface area contributed by atoms with Crippen LogP contribution in [0, 0.1) is 5.92 Å². The summed E-state index contributed by atoms with van der Waals surface area (Å²) in [6, 6.07) is 10.7. The lowest BCUT2D eigenvalue weighted by Gasteiger charge is -2.19. The van der Waals surface area contributed by atoms with E-state index < -0.39 is 0 Å². The minimum absolute atomic E-state index is 0.453. The fourth-order valence-electron chi connectivity index (χ4n) is 3.14. The van der Waals surface area contributed by atoms with E-state index in [4.69, 9.17) is 0 Å². The smallest absolute Gasteiger partial charge is 0.0946 e. The molecule has 3 heterocycles. The number of benzene rings is 1. The first-order chi connectivity index (χ1) is 11.4. The second-order valence-electron chi connectivity index (χ2n) is 5.91. The lowest BCUT2D eigenvalue weighted by Crippen LogP contribution is -2.21. The summed E-state index contributed by atoms with van der Waals surface area (Å²) < 4.78 is 6.63. The first kappa shape index (κ1) is 13.8. The predicted octanol–water partition coefficient (Wildman–Crippen LogP) is 3.05. The van der Waals surface area contributed by atoms with Crippen molar-refractivity contribution >= 4 is 10.9 Å². The van der Waals surface area contributed by atoms with Crippen molar-refractivity contribution in [2.45, 2.75) is 19.6 Å². The summed E-state index contributed by atoms with van der Waals surface area (Å²) in [5.74, 6) is 0.453. The summed E-state index contributed by atoms with van der Waals surface area (Å²) in [5.41, 5.74) is 1.29. The van der Waals surface area contributed by atoms with Crippen LogP contribution in [0.4, 0.5) is 0 Å². The van der Waals surface area contributed by atoms with Crippen LogP contribution < -0.4 is 0 Å². The van der Waals surface area contributed by atoms with E-state index in [2.05, 4.69) is 60.2 Å². The van der Waals surface area contributed by atoms with Gasteiger partial charge in [0, 0.05) is 62.1 Å². The average molecular weight is 305 g/mol. The maximum atomic E-state index is 4.16. The van der Waals surface area contributed by atoms with Gasteiger partial charge in [0.25, 0.3) is 0 Å². The number of aromatic nitrogens is 5. The Morgan fingerprint density at radius 1 is 0.783 bits per heavy atom. The Kier molecular flexibility index (Phi) is 3.68. The van der Waals surface area contributed by atoms with Crippen LogP contribution in [0.1, 0.15) is 0 Å². The molecule has 0 unspecified atom stereocenters. The van der Waals surface area contributed by atoms with Gasteiger partial charge >= 0.3 is 0 Å². The van der Waals surface area contributed by atoms with E-state index in [0.717, 1.165) is 19.6 Å². The van der Waals surface area contributed by atoms with Gasteiger partial charge in [-0.1, -0.05) is 18.2 Å². The minimum atomic E-state index is 0.453. The van der Waals surface area contributed by atoms with Crippen LogP contribution in [0.15, 0.2) is 74.0 Å². The third kappa shape index (κ3) is 3.04. The molecule has 4 aromatic rings. The number of nitrogens with zero attached hydrogens (tertiary/aromatic N) is 5. The molecular formula is C18H19N5. The fourth-order valence-corrected chi connectivity index (χ4v) is 3.14. The van der Waals surface area contributed by atoms with Crippen molar-refractivity contribution in [2.24, 2.45) is 5.92 Å². The highest BCUT2D eigenvalue weighted by molar-refractivity contribution is 5.79. The maximum Gasteiger partial charge on any atom is 0.0946 e. The number of imidazole rings is 2. The Morgan fingerprint density at radius 3 is 2.13 bits per heavy atom. The van der Waals surface area contributed by atoms with E-state index in [1.165, 1.54) is 10.9 Å². The van der Waals surface area contributed by atoms with Crippen molar-refractivity contribution in [1.82, 2.24) is 23.7 Å². The Bertz CT molecular complexity index is 822. The standard InChI is InChI=1S/C18H19N5/c1-2-4-18-17(3-1)5-8-23(18)13-16(11-21-9-6-19-14-21)12-22-10-7-20-15-22/h1-10,14-16H,11-13H2. The molecule has 5 nitrogen and oxygen atoms in total. The van der Waals surface area contributed by atoms with E-state index in [1.54, 1.807) is 0 Å². The van der Waals surface area contributed by atoms with Crippen molar-refractivity contribution in [3.05, 3.63) is 74.0 Å². The predicted molar refractivity (Wildman–Crippen MR) is 89.9 cm³/mol. The molecule has 0 spiro atoms. The zero-order valence-corrected chi connectivity index (χ0v) is 12.9. The molecule has 0 N–H and O–H groups in total. The minimum Gasteiger partial charge on any atom is -0.347 e. The van der Waals surface area contributed by atoms with Gasteiger partial charge in [0.1, 0.15) is 0 Å². The van der Waals surface area contributed by atoms with Gasteiger partial charge in [-0.2, -0.15) is 0 Å². The summed E-state index contributed by atoms with van der Waals surface area (Å²) in [5, 5.41) is 1.29. The molecule has 0 aliphatic heterocycles. The van der Waals surface area contributed by atoms with Crippen LogP contribution in [-0.2, 0) is 19.6 Å². The second kappa shape index (κ2) is 6.12. The number of fused-ring (bicyclic) bond motifs is 1. The van der Waals surface area contributed by atoms with Crippen LogP contribution in [0.25, 0.3) is 10.9 Å². The lowest BCUT2D eigenvalue weighted by atomic mass is 10.1. The summed E-state index contributed by atoms with van der Waals surface area (Å²) in [4.78, 5) is 8.31. The number of hydrogen-bond donors (Lipinski definition) is 0. The summed E-state index contributed by atoms with van der Waals surface area (Å²) in [6.07, 6.45) is 13.7. The summed E-state index contributed by atoms with van der Waals surface area (Å²) in [7, 11) is 0. The Morgan fingerprint density at radius 2 is 1.48 bits per heavy atom. The molecule has 0 amide bonds. The third-order valence-electron chi connectivity index (χ3n) is 4.19. The van der Waals surface area contributed by atoms with E-state index in [1.807, 2.05) is 37.4 Å². The van der Waals surface area contributed by atoms with Crippen LogP contribution in [0.5, 0.6) is 0 Å². The van der Waals surface area contributed by atoms with Gasteiger partial charge in [-0.3, -0.25) is 0 Å². The highest BCUT2D eigenvalue weighted by Crippen LogP contribution is 2.18. The Labute approximate surface area is 134 Å². The van der Waals surface area contributed by atoms with Gasteiger partial charge in [0.15, 0.2) is 0 Å². The SMILES string of the molecule is c1ccc2c(c1)ccn2CC(Cn1ccnc1)Cn1ccnc1. The highest BCUT2D eigenvalue weighted by atomic mass is 15.1. The molecule has 1 aromatic carbocycles. The van der Waals surface area contributed by atoms with E-state index in [9.17, 15) is 0 Å². The second-order valence-corrected chi connectivity index (χ2v) is 5.91. The molecule has 4 rings (SSSR count). The monoisotopic (exact) mass is 305 g/mol. The van der Waals surface area contributed by atoms with Crippen LogP contribution >= 0.6 is 0 Å². The van der Waals surface area contributed by atoms with Gasteiger partial charge in [0.2, 0.25) is 0 Å². The molecule has 0 aliphatic rings. The van der Waals surface area contributed by atoms with E-state index in [-0.39, 0.29) is 0 Å². The zero-order chi connectivity index (χ0) is 15.5. The Hall–Kier alpha value is -2.82. The molecule has 116 valence electrons. The topological polar surface area (TPSA) is 40.6 Å². The van der Waals surface area contributed by atoms with E-state index in [0.29, 0.717) is 5.92 Å². The quantitative estimate of drug-likeness (QED) is 0.549. The largest absolute Gasteiger partial charge is 0.347 e. The summed E-state index contributed by atoms with van der Waals surface area (Å²) in [6.45, 7) is 2.83. The molecule has 0 fully saturated rings. The maximum absolute atomic E-state index is 4.16. The first-order valence-corrected chi connectivity index (χ1v) is 7.84. The Balaban J connectivity index is 1.59. The van der Waals surface area contributed by atoms with E-state index >= 15 is 0 Å². The fraction of sp³-hybridized carbons (Fsp3) is 0.222. The van der Waals surface area contributed by atoms with Crippen molar-refractivity contribution in [2.75, 3.05) is 0 Å². The van der Waals surface area contributed by atoms with Crippen molar-refractivity contribution < 1.29 is 0 Å². The van der Waals surface area contributed by atoms with Gasteiger partial charge in [-0.15, -0.1) is 0 Å². The van der Waals surface area contributed by atoms with Gasteiger partial charge in [0.05, 0.1) is 12.7 Å². The molecule has 0 radical (unpaired) electrons. The molecule has 0 saturated heterocycles. The average Bonchev–Trinajstić information content (AvgIpc) is 3.30. The van der Waals surface area contributed by atoms with Crippen LogP contribution in [-0.4, -0.2) is 23.7 Å². The normalized spacial score (nSPS) is 11.5. The molecule has 0 aliphatic carbocycles. The molecule has 3 aromatic heterocycles. The van der Waals surface area contributed by atoms with Gasteiger partial charge in [-0.25, -0.2) is 9.97 Å². The molecular weight excluding hydrogens is 286 g/mol. The molecule has 0 bridgehead atoms. The van der Waals surface area contributed by atoms with Crippen LogP contribution in [0.2, 0.25) is 0 Å². The lowest BCUT2D eigenvalue weighted by molar-refractivity contribution is 0.342. The number of para-hydroxylation sites is 1. The van der Waals surface area contributed by atoms with Crippen LogP contribution in [0.3, 0.4) is 0 Å². The number of rotatable bonds is 6. The van der Waals surface area contributed by atoms with Crippen molar-refractivity contribution in [1.29, 1.82) is 0 Å². The van der Waals surface area contributed by atoms with Gasteiger partial charge in [-0.05, 0) is 17.5 Å². The number of hydrogen-bond acceptors (Lipinski definition) is 2. The third-order valence-corrected chi connectivity index (χ3v) is 4.19.